The lowest BCUT2D eigenvalue weighted by atomic mass is 10.2. The van der Waals surface area contributed by atoms with Gasteiger partial charge in [-0.15, -0.1) is 0 Å². The van der Waals surface area contributed by atoms with E-state index in [2.05, 4.69) is 40.0 Å². The molecule has 4 aromatic rings. The van der Waals surface area contributed by atoms with E-state index < -0.39 is 0 Å². The van der Waals surface area contributed by atoms with Crippen molar-refractivity contribution in [1.82, 2.24) is 14.1 Å². The first kappa shape index (κ1) is 12.0. The van der Waals surface area contributed by atoms with Crippen LogP contribution in [0.15, 0.2) is 55.0 Å². The molecule has 0 amide bonds. The van der Waals surface area contributed by atoms with Gasteiger partial charge in [0, 0.05) is 48.6 Å². The third-order valence-corrected chi connectivity index (χ3v) is 4.05. The second-order valence-electron chi connectivity index (χ2n) is 5.36. The van der Waals surface area contributed by atoms with Crippen LogP contribution in [-0.2, 0) is 13.6 Å². The quantitative estimate of drug-likeness (QED) is 0.572. The summed E-state index contributed by atoms with van der Waals surface area (Å²) in [4.78, 5) is 4.44. The van der Waals surface area contributed by atoms with Crippen molar-refractivity contribution in [2.24, 2.45) is 7.05 Å². The van der Waals surface area contributed by atoms with E-state index in [1.807, 2.05) is 36.1 Å². The van der Waals surface area contributed by atoms with Crippen LogP contribution in [0.5, 0.6) is 0 Å². The minimum atomic E-state index is 0.815. The van der Waals surface area contributed by atoms with Gasteiger partial charge in [0.2, 0.25) is 0 Å². The van der Waals surface area contributed by atoms with Crippen LogP contribution in [0.4, 0.5) is 5.69 Å². The molecule has 0 aliphatic heterocycles. The molecule has 0 aliphatic rings. The number of hydrogen-bond acceptors (Lipinski definition) is 2. The summed E-state index contributed by atoms with van der Waals surface area (Å²) in [5.74, 6) is 0. The van der Waals surface area contributed by atoms with Gasteiger partial charge in [-0.3, -0.25) is 0 Å². The normalized spacial score (nSPS) is 11.5. The van der Waals surface area contributed by atoms with Gasteiger partial charge in [-0.25, -0.2) is 4.98 Å². The van der Waals surface area contributed by atoms with E-state index in [0.29, 0.717) is 0 Å². The first-order chi connectivity index (χ1) is 10.2. The highest BCUT2D eigenvalue weighted by Crippen LogP contribution is 2.24. The minimum absolute atomic E-state index is 0.815. The van der Waals surface area contributed by atoms with Crippen molar-refractivity contribution >= 4 is 27.6 Å². The Balaban J connectivity index is 1.85. The van der Waals surface area contributed by atoms with Gasteiger partial charge in [0.15, 0.2) is 0 Å². The van der Waals surface area contributed by atoms with Gasteiger partial charge in [-0.1, -0.05) is 6.07 Å². The number of hydrogen-bond donors (Lipinski definition) is 1. The number of benzene rings is 1. The third kappa shape index (κ3) is 1.80. The Kier molecular flexibility index (Phi) is 2.51. The fraction of sp³-hybridized carbons (Fsp3) is 0.118. The summed E-state index contributed by atoms with van der Waals surface area (Å²) in [5.41, 5.74) is 10.3. The molecule has 4 rings (SSSR count). The fourth-order valence-corrected chi connectivity index (χ4v) is 2.93. The van der Waals surface area contributed by atoms with Crippen molar-refractivity contribution < 1.29 is 0 Å². The van der Waals surface area contributed by atoms with Crippen LogP contribution in [0.2, 0.25) is 0 Å². The van der Waals surface area contributed by atoms with Crippen molar-refractivity contribution in [1.29, 1.82) is 0 Å². The second kappa shape index (κ2) is 4.38. The lowest BCUT2D eigenvalue weighted by Crippen LogP contribution is -1.99. The molecule has 0 unspecified atom stereocenters. The highest BCUT2D eigenvalue weighted by molar-refractivity contribution is 5.91. The summed E-state index contributed by atoms with van der Waals surface area (Å²) >= 11 is 0. The number of anilines is 1. The molecule has 4 heteroatoms. The second-order valence-corrected chi connectivity index (χ2v) is 5.36. The lowest BCUT2D eigenvalue weighted by Gasteiger charge is -2.08. The molecule has 21 heavy (non-hydrogen) atoms. The number of nitrogens with zero attached hydrogens (tertiary/aromatic N) is 3. The van der Waals surface area contributed by atoms with Gasteiger partial charge in [0.05, 0.1) is 5.52 Å². The number of nitrogens with two attached hydrogens (primary N) is 1. The first-order valence-corrected chi connectivity index (χ1v) is 6.96. The predicted molar refractivity (Wildman–Crippen MR) is 86.2 cm³/mol. The first-order valence-electron chi connectivity index (χ1n) is 6.96. The van der Waals surface area contributed by atoms with Gasteiger partial charge < -0.3 is 14.9 Å². The van der Waals surface area contributed by atoms with Crippen molar-refractivity contribution in [3.63, 3.8) is 0 Å². The topological polar surface area (TPSA) is 48.8 Å². The molecule has 2 N–H and O–H groups in total. The van der Waals surface area contributed by atoms with Crippen LogP contribution in [-0.4, -0.2) is 14.1 Å². The summed E-state index contributed by atoms with van der Waals surface area (Å²) in [6.45, 7) is 0.815. The monoisotopic (exact) mass is 276 g/mol. The highest BCUT2D eigenvalue weighted by atomic mass is 15.0. The van der Waals surface area contributed by atoms with Crippen molar-refractivity contribution in [2.45, 2.75) is 6.54 Å². The van der Waals surface area contributed by atoms with Gasteiger partial charge in [-0.2, -0.15) is 0 Å². The Hall–Kier alpha value is -2.75. The SMILES string of the molecule is Cn1ccc2c(Cn3ccc4c(N)cccc43)ccnc21. The fourth-order valence-electron chi connectivity index (χ4n) is 2.93. The molecule has 1 aromatic carbocycles. The van der Waals surface area contributed by atoms with Crippen LogP contribution in [0.1, 0.15) is 5.56 Å². The molecule has 0 saturated heterocycles. The van der Waals surface area contributed by atoms with Crippen LogP contribution in [0, 0.1) is 0 Å². The van der Waals surface area contributed by atoms with Crippen LogP contribution in [0.3, 0.4) is 0 Å². The highest BCUT2D eigenvalue weighted by Gasteiger charge is 2.08. The smallest absolute Gasteiger partial charge is 0.139 e. The zero-order chi connectivity index (χ0) is 14.4. The molecule has 3 heterocycles. The van der Waals surface area contributed by atoms with E-state index >= 15 is 0 Å². The van der Waals surface area contributed by atoms with Gasteiger partial charge in [0.1, 0.15) is 5.65 Å². The average molecular weight is 276 g/mol. The van der Waals surface area contributed by atoms with E-state index in [0.717, 1.165) is 28.8 Å². The molecule has 0 bridgehead atoms. The molecule has 0 aliphatic carbocycles. The Morgan fingerprint density at radius 3 is 2.81 bits per heavy atom. The maximum absolute atomic E-state index is 6.03. The zero-order valence-corrected chi connectivity index (χ0v) is 11.8. The Labute approximate surface area is 122 Å². The van der Waals surface area contributed by atoms with Gasteiger partial charge in [-0.05, 0) is 35.9 Å². The number of fused-ring (bicyclic) bond motifs is 2. The third-order valence-electron chi connectivity index (χ3n) is 4.05. The van der Waals surface area contributed by atoms with Crippen LogP contribution < -0.4 is 5.73 Å². The number of nitrogen functional groups attached to an aromatic ring is 1. The summed E-state index contributed by atoms with van der Waals surface area (Å²) in [6, 6.07) is 12.3. The standard InChI is InChI=1S/C17H16N4/c1-20-9-6-13-12(5-8-19-17(13)20)11-21-10-7-14-15(18)3-2-4-16(14)21/h2-10H,11,18H2,1H3. The summed E-state index contributed by atoms with van der Waals surface area (Å²) in [7, 11) is 2.02. The Morgan fingerprint density at radius 1 is 1.05 bits per heavy atom. The number of aryl methyl sites for hydroxylation is 1. The van der Waals surface area contributed by atoms with Crippen molar-refractivity contribution in [3.05, 3.63) is 60.6 Å². The van der Waals surface area contributed by atoms with Crippen molar-refractivity contribution in [2.75, 3.05) is 5.73 Å². The molecule has 4 nitrogen and oxygen atoms in total. The van der Waals surface area contributed by atoms with E-state index in [1.54, 1.807) is 0 Å². The Morgan fingerprint density at radius 2 is 1.90 bits per heavy atom. The van der Waals surface area contributed by atoms with E-state index in [9.17, 15) is 0 Å². The largest absolute Gasteiger partial charge is 0.398 e. The maximum Gasteiger partial charge on any atom is 0.139 e. The molecule has 0 saturated carbocycles. The maximum atomic E-state index is 6.03. The molecule has 0 spiro atoms. The zero-order valence-electron chi connectivity index (χ0n) is 11.8. The average Bonchev–Trinajstić information content (AvgIpc) is 3.06. The molecule has 0 radical (unpaired) electrons. The Bertz CT molecular complexity index is 946. The number of pyridine rings is 1. The predicted octanol–water partition coefficient (Wildman–Crippen LogP) is 3.16. The van der Waals surface area contributed by atoms with Crippen LogP contribution in [0.25, 0.3) is 21.9 Å². The molecule has 0 fully saturated rings. The molecule has 104 valence electrons. The van der Waals surface area contributed by atoms with Gasteiger partial charge >= 0.3 is 0 Å². The molecule has 3 aromatic heterocycles. The lowest BCUT2D eigenvalue weighted by molar-refractivity contribution is 0.841. The number of aromatic nitrogens is 3. The van der Waals surface area contributed by atoms with Gasteiger partial charge in [0.25, 0.3) is 0 Å². The minimum Gasteiger partial charge on any atom is -0.398 e. The van der Waals surface area contributed by atoms with E-state index in [-0.39, 0.29) is 0 Å². The molecule has 0 atom stereocenters. The van der Waals surface area contributed by atoms with E-state index in [4.69, 9.17) is 5.73 Å². The molecular formula is C17H16N4. The summed E-state index contributed by atoms with van der Waals surface area (Å²) < 4.78 is 4.28. The van der Waals surface area contributed by atoms with Crippen molar-refractivity contribution in [3.8, 4) is 0 Å². The molecular weight excluding hydrogens is 260 g/mol. The summed E-state index contributed by atoms with van der Waals surface area (Å²) in [5, 5.41) is 2.31. The van der Waals surface area contributed by atoms with E-state index in [1.165, 1.54) is 10.9 Å². The van der Waals surface area contributed by atoms with Crippen LogP contribution >= 0.6 is 0 Å². The summed E-state index contributed by atoms with van der Waals surface area (Å²) in [6.07, 6.45) is 6.01. The number of rotatable bonds is 2.